The molecule has 5 aliphatic rings. The first-order chi connectivity index (χ1) is 16.5. The zero-order chi connectivity index (χ0) is 25.0. The van der Waals surface area contributed by atoms with Crippen molar-refractivity contribution in [2.24, 2.45) is 29.1 Å². The molecule has 6 rings (SSSR count). The van der Waals surface area contributed by atoms with E-state index in [1.807, 2.05) is 18.7 Å². The molecular formula is C27H36F3N3O2. The van der Waals surface area contributed by atoms with Gasteiger partial charge in [0.2, 0.25) is 11.8 Å². The van der Waals surface area contributed by atoms with Crippen molar-refractivity contribution < 1.29 is 22.8 Å². The lowest BCUT2D eigenvalue weighted by molar-refractivity contribution is -0.150. The minimum absolute atomic E-state index is 0.0399. The molecule has 1 aromatic carbocycles. The molecule has 1 aromatic rings. The van der Waals surface area contributed by atoms with Gasteiger partial charge in [0.1, 0.15) is 6.04 Å². The highest BCUT2D eigenvalue weighted by Crippen LogP contribution is 2.60. The van der Waals surface area contributed by atoms with Crippen LogP contribution in [0.25, 0.3) is 0 Å². The maximum atomic E-state index is 13.6. The van der Waals surface area contributed by atoms with Gasteiger partial charge in [-0.25, -0.2) is 0 Å². The minimum Gasteiger partial charge on any atom is -0.368 e. The Morgan fingerprint density at radius 1 is 0.971 bits per heavy atom. The molecule has 192 valence electrons. The van der Waals surface area contributed by atoms with Crippen LogP contribution in [-0.4, -0.2) is 48.9 Å². The summed E-state index contributed by atoms with van der Waals surface area (Å²) in [4.78, 5) is 30.7. The summed E-state index contributed by atoms with van der Waals surface area (Å²) in [5.41, 5.74) is -0.451. The molecule has 0 radical (unpaired) electrons. The number of amides is 2. The fourth-order valence-electron chi connectivity index (χ4n) is 7.46. The van der Waals surface area contributed by atoms with Crippen molar-refractivity contribution in [2.75, 3.05) is 31.1 Å². The van der Waals surface area contributed by atoms with E-state index in [9.17, 15) is 22.8 Å². The van der Waals surface area contributed by atoms with Crippen LogP contribution in [0.2, 0.25) is 0 Å². The van der Waals surface area contributed by atoms with Crippen LogP contribution in [0, 0.1) is 29.1 Å². The lowest BCUT2D eigenvalue weighted by Crippen LogP contribution is -2.60. The van der Waals surface area contributed by atoms with Gasteiger partial charge >= 0.3 is 6.18 Å². The Labute approximate surface area is 205 Å². The lowest BCUT2D eigenvalue weighted by atomic mass is 9.49. The molecule has 5 fully saturated rings. The van der Waals surface area contributed by atoms with Crippen LogP contribution in [0.3, 0.4) is 0 Å². The van der Waals surface area contributed by atoms with Crippen LogP contribution in [0.15, 0.2) is 24.3 Å². The average Bonchev–Trinajstić information content (AvgIpc) is 2.80. The Kier molecular flexibility index (Phi) is 6.29. The minimum atomic E-state index is -4.38. The summed E-state index contributed by atoms with van der Waals surface area (Å²) in [5, 5.41) is 3.17. The SMILES string of the molecule is CC(C)C(NC(=O)C12CC3CC(CC(C3)C1)C2)C(=O)N1CCN(c2cccc(C(F)(F)F)c2)CC1. The summed E-state index contributed by atoms with van der Waals surface area (Å²) >= 11 is 0. The van der Waals surface area contributed by atoms with Gasteiger partial charge in [-0.05, 0) is 80.4 Å². The highest BCUT2D eigenvalue weighted by molar-refractivity contribution is 5.90. The molecule has 2 amide bonds. The van der Waals surface area contributed by atoms with Gasteiger partial charge in [-0.2, -0.15) is 13.2 Å². The largest absolute Gasteiger partial charge is 0.416 e. The van der Waals surface area contributed by atoms with Gasteiger partial charge in [-0.15, -0.1) is 0 Å². The molecule has 0 spiro atoms. The van der Waals surface area contributed by atoms with Crippen molar-refractivity contribution in [1.82, 2.24) is 10.2 Å². The van der Waals surface area contributed by atoms with Crippen LogP contribution < -0.4 is 10.2 Å². The molecule has 0 aromatic heterocycles. The molecule has 1 heterocycles. The number of anilines is 1. The molecule has 4 saturated carbocycles. The standard InChI is InChI=1S/C27H36F3N3O2/c1-17(2)23(31-25(35)26-14-18-10-19(15-26)12-20(11-18)16-26)24(34)33-8-6-32(7-9-33)22-5-3-4-21(13-22)27(28,29)30/h3-5,13,17-20,23H,6-12,14-16H2,1-2H3,(H,31,35). The second kappa shape index (κ2) is 9.00. The number of halogens is 3. The molecule has 5 nitrogen and oxygen atoms in total. The number of piperazine rings is 1. The van der Waals surface area contributed by atoms with Crippen LogP contribution in [0.4, 0.5) is 18.9 Å². The number of nitrogens with one attached hydrogen (secondary N) is 1. The normalized spacial score (nSPS) is 31.1. The van der Waals surface area contributed by atoms with Gasteiger partial charge in [0.25, 0.3) is 0 Å². The Balaban J connectivity index is 1.22. The van der Waals surface area contributed by atoms with E-state index >= 15 is 0 Å². The second-order valence-corrected chi connectivity index (χ2v) is 11.8. The number of alkyl halides is 3. The summed E-state index contributed by atoms with van der Waals surface area (Å²) in [6.07, 6.45) is 2.27. The number of carbonyl (C=O) groups excluding carboxylic acids is 2. The molecule has 35 heavy (non-hydrogen) atoms. The molecule has 1 unspecified atom stereocenters. The summed E-state index contributed by atoms with van der Waals surface area (Å²) < 4.78 is 39.3. The molecule has 4 aliphatic carbocycles. The van der Waals surface area contributed by atoms with Crippen molar-refractivity contribution in [3.05, 3.63) is 29.8 Å². The maximum Gasteiger partial charge on any atom is 0.416 e. The number of carbonyl (C=O) groups is 2. The Bertz CT molecular complexity index is 933. The van der Waals surface area contributed by atoms with Gasteiger partial charge in [0.05, 0.1) is 5.56 Å². The lowest BCUT2D eigenvalue weighted by Gasteiger charge is -2.56. The molecule has 1 saturated heterocycles. The van der Waals surface area contributed by atoms with E-state index in [4.69, 9.17) is 0 Å². The highest BCUT2D eigenvalue weighted by atomic mass is 19.4. The van der Waals surface area contributed by atoms with E-state index in [1.165, 1.54) is 31.4 Å². The van der Waals surface area contributed by atoms with Crippen LogP contribution >= 0.6 is 0 Å². The van der Waals surface area contributed by atoms with Gasteiger partial charge in [0, 0.05) is 37.3 Å². The molecule has 1 aliphatic heterocycles. The first-order valence-corrected chi connectivity index (χ1v) is 13.1. The number of hydrogen-bond acceptors (Lipinski definition) is 3. The summed E-state index contributed by atoms with van der Waals surface area (Å²) in [7, 11) is 0. The summed E-state index contributed by atoms with van der Waals surface area (Å²) in [6.45, 7) is 5.68. The third-order valence-electron chi connectivity index (χ3n) is 8.87. The molecular weight excluding hydrogens is 455 g/mol. The number of hydrogen-bond donors (Lipinski definition) is 1. The fourth-order valence-corrected chi connectivity index (χ4v) is 7.46. The number of rotatable bonds is 5. The smallest absolute Gasteiger partial charge is 0.368 e. The van der Waals surface area contributed by atoms with E-state index in [2.05, 4.69) is 5.32 Å². The van der Waals surface area contributed by atoms with E-state index in [-0.39, 0.29) is 23.1 Å². The molecule has 4 bridgehead atoms. The predicted molar refractivity (Wildman–Crippen MR) is 128 cm³/mol. The Hall–Kier alpha value is -2.25. The van der Waals surface area contributed by atoms with Crippen LogP contribution in [0.5, 0.6) is 0 Å². The average molecular weight is 492 g/mol. The molecule has 8 heteroatoms. The topological polar surface area (TPSA) is 52.7 Å². The Morgan fingerprint density at radius 2 is 1.54 bits per heavy atom. The van der Waals surface area contributed by atoms with Crippen molar-refractivity contribution >= 4 is 17.5 Å². The molecule has 1 atom stereocenters. The third kappa shape index (κ3) is 4.77. The fraction of sp³-hybridized carbons (Fsp3) is 0.704. The first-order valence-electron chi connectivity index (χ1n) is 13.1. The van der Waals surface area contributed by atoms with Crippen LogP contribution in [-0.2, 0) is 15.8 Å². The first kappa shape index (κ1) is 24.4. The predicted octanol–water partition coefficient (Wildman–Crippen LogP) is 4.71. The third-order valence-corrected chi connectivity index (χ3v) is 8.87. The highest BCUT2D eigenvalue weighted by Gasteiger charge is 2.55. The van der Waals surface area contributed by atoms with Gasteiger partial charge < -0.3 is 15.1 Å². The van der Waals surface area contributed by atoms with Gasteiger partial charge in [0.15, 0.2) is 0 Å². The van der Waals surface area contributed by atoms with E-state index < -0.39 is 17.8 Å². The van der Waals surface area contributed by atoms with Crippen molar-refractivity contribution in [3.63, 3.8) is 0 Å². The van der Waals surface area contributed by atoms with E-state index in [1.54, 1.807) is 11.0 Å². The number of benzene rings is 1. The number of nitrogens with zero attached hydrogens (tertiary/aromatic N) is 2. The van der Waals surface area contributed by atoms with Gasteiger partial charge in [-0.1, -0.05) is 19.9 Å². The van der Waals surface area contributed by atoms with E-state index in [0.717, 1.165) is 25.3 Å². The Morgan fingerprint density at radius 3 is 2.06 bits per heavy atom. The maximum absolute atomic E-state index is 13.6. The van der Waals surface area contributed by atoms with Crippen LogP contribution in [0.1, 0.15) is 57.9 Å². The van der Waals surface area contributed by atoms with Crippen molar-refractivity contribution in [1.29, 1.82) is 0 Å². The summed E-state index contributed by atoms with van der Waals surface area (Å²) in [6, 6.07) is 4.76. The quantitative estimate of drug-likeness (QED) is 0.649. The van der Waals surface area contributed by atoms with Gasteiger partial charge in [-0.3, -0.25) is 9.59 Å². The summed E-state index contributed by atoms with van der Waals surface area (Å²) in [5.74, 6) is 1.91. The monoisotopic (exact) mass is 491 g/mol. The zero-order valence-corrected chi connectivity index (χ0v) is 20.6. The zero-order valence-electron chi connectivity index (χ0n) is 20.6. The van der Waals surface area contributed by atoms with Crippen molar-refractivity contribution in [3.8, 4) is 0 Å². The second-order valence-electron chi connectivity index (χ2n) is 11.8. The van der Waals surface area contributed by atoms with E-state index in [0.29, 0.717) is 49.6 Å². The molecule has 1 N–H and O–H groups in total. The van der Waals surface area contributed by atoms with Crippen molar-refractivity contribution in [2.45, 2.75) is 64.6 Å².